The Labute approximate surface area is 280 Å². The van der Waals surface area contributed by atoms with E-state index in [1.807, 2.05) is 22.6 Å². The molecular formula is C34H49IN2O8. The first-order chi connectivity index (χ1) is 21.6. The molecule has 0 unspecified atom stereocenters. The fourth-order valence-corrected chi connectivity index (χ4v) is 7.96. The maximum Gasteiger partial charge on any atom is 0.249 e. The largest absolute Gasteiger partial charge is 0.493 e. The molecule has 3 aliphatic carbocycles. The molecule has 0 aliphatic heterocycles. The van der Waals surface area contributed by atoms with E-state index in [1.54, 1.807) is 23.1 Å². The highest BCUT2D eigenvalue weighted by Gasteiger charge is 2.44. The van der Waals surface area contributed by atoms with Gasteiger partial charge in [0.25, 0.3) is 0 Å². The molecule has 0 spiro atoms. The van der Waals surface area contributed by atoms with Crippen molar-refractivity contribution in [1.29, 1.82) is 0 Å². The molecule has 2 saturated carbocycles. The number of carbonyl (C=O) groups is 3. The summed E-state index contributed by atoms with van der Waals surface area (Å²) < 4.78 is 18.9. The number of aldehydes is 1. The van der Waals surface area contributed by atoms with Crippen LogP contribution in [0.25, 0.3) is 0 Å². The van der Waals surface area contributed by atoms with Crippen molar-refractivity contribution in [2.24, 2.45) is 17.8 Å². The number of benzene rings is 1. The summed E-state index contributed by atoms with van der Waals surface area (Å²) in [7, 11) is 1.47. The molecule has 0 saturated heterocycles. The third-order valence-electron chi connectivity index (χ3n) is 9.60. The molecule has 45 heavy (non-hydrogen) atoms. The number of amides is 2. The van der Waals surface area contributed by atoms with E-state index in [-0.39, 0.29) is 44.2 Å². The Morgan fingerprint density at radius 1 is 1.18 bits per heavy atom. The van der Waals surface area contributed by atoms with E-state index in [9.17, 15) is 24.6 Å². The van der Waals surface area contributed by atoms with Gasteiger partial charge in [-0.1, -0.05) is 40.0 Å². The number of aliphatic hydroxyl groups is 2. The minimum Gasteiger partial charge on any atom is -0.493 e. The average Bonchev–Trinajstić information content (AvgIpc) is 3.55. The summed E-state index contributed by atoms with van der Waals surface area (Å²) in [6.45, 7) is 6.42. The molecule has 3 N–H and O–H groups in total. The van der Waals surface area contributed by atoms with E-state index in [0.717, 1.165) is 44.9 Å². The third-order valence-corrected chi connectivity index (χ3v) is 10.4. The first-order valence-corrected chi connectivity index (χ1v) is 17.4. The predicted molar refractivity (Wildman–Crippen MR) is 178 cm³/mol. The zero-order valence-electron chi connectivity index (χ0n) is 26.9. The van der Waals surface area contributed by atoms with Gasteiger partial charge in [-0.15, -0.1) is 0 Å². The fourth-order valence-electron chi connectivity index (χ4n) is 7.21. The van der Waals surface area contributed by atoms with Crippen LogP contribution in [0, 0.1) is 21.3 Å². The maximum atomic E-state index is 14.2. The zero-order chi connectivity index (χ0) is 32.7. The smallest absolute Gasteiger partial charge is 0.249 e. The second-order valence-corrected chi connectivity index (χ2v) is 14.2. The molecule has 0 heterocycles. The van der Waals surface area contributed by atoms with E-state index >= 15 is 0 Å². The summed E-state index contributed by atoms with van der Waals surface area (Å²) in [5.74, 6) is 1.44. The lowest BCUT2D eigenvalue weighted by atomic mass is 9.75. The predicted octanol–water partition coefficient (Wildman–Crippen LogP) is 4.28. The molecule has 10 nitrogen and oxygen atoms in total. The lowest BCUT2D eigenvalue weighted by Gasteiger charge is -2.44. The minimum atomic E-state index is -1.16. The van der Waals surface area contributed by atoms with Crippen molar-refractivity contribution in [2.75, 3.05) is 26.9 Å². The number of carbonyl (C=O) groups excluding carboxylic acids is 3. The summed E-state index contributed by atoms with van der Waals surface area (Å²) in [6, 6.07) is 2.38. The van der Waals surface area contributed by atoms with Gasteiger partial charge in [-0.2, -0.15) is 0 Å². The van der Waals surface area contributed by atoms with E-state index in [0.29, 0.717) is 50.2 Å². The Morgan fingerprint density at radius 3 is 2.56 bits per heavy atom. The molecule has 2 amide bonds. The van der Waals surface area contributed by atoms with Crippen molar-refractivity contribution in [3.63, 3.8) is 0 Å². The lowest BCUT2D eigenvalue weighted by Crippen LogP contribution is -2.58. The monoisotopic (exact) mass is 740 g/mol. The molecule has 0 bridgehead atoms. The van der Waals surface area contributed by atoms with Gasteiger partial charge in [0.15, 0.2) is 11.5 Å². The van der Waals surface area contributed by atoms with Crippen LogP contribution in [-0.4, -0.2) is 90.5 Å². The molecule has 0 radical (unpaired) electrons. The number of halogens is 1. The molecule has 1 aromatic rings. The molecule has 2 fully saturated rings. The lowest BCUT2D eigenvalue weighted by molar-refractivity contribution is -0.151. The number of methoxy groups -OCH3 is 1. The van der Waals surface area contributed by atoms with Crippen LogP contribution < -0.4 is 14.8 Å². The zero-order valence-corrected chi connectivity index (χ0v) is 29.0. The van der Waals surface area contributed by atoms with Crippen LogP contribution in [0.2, 0.25) is 0 Å². The van der Waals surface area contributed by atoms with Crippen LogP contribution in [0.4, 0.5) is 0 Å². The highest BCUT2D eigenvalue weighted by molar-refractivity contribution is 14.1. The summed E-state index contributed by atoms with van der Waals surface area (Å²) >= 11 is 2.04. The Balaban J connectivity index is 1.64. The number of aliphatic hydroxyl groups excluding tert-OH is 2. The quantitative estimate of drug-likeness (QED) is 0.202. The maximum absolute atomic E-state index is 14.2. The van der Waals surface area contributed by atoms with Gasteiger partial charge >= 0.3 is 0 Å². The second-order valence-electron chi connectivity index (χ2n) is 13.1. The summed E-state index contributed by atoms with van der Waals surface area (Å²) in [6.07, 6.45) is 7.02. The van der Waals surface area contributed by atoms with E-state index < -0.39 is 24.2 Å². The SMILES string of the molecule is COc1cc(C=O)cc(I)c1O[C@H]1C=C(C(=O)NCCO)C[C@@H](N(C(=O)CO[C@H]2C[C@@H](C)CC[C@@H]2C(C)C)C2CCCC2)[C@@H]1O. The number of ether oxygens (including phenoxy) is 3. The molecule has 4 rings (SSSR count). The first kappa shape index (κ1) is 35.6. The highest BCUT2D eigenvalue weighted by Crippen LogP contribution is 2.39. The van der Waals surface area contributed by atoms with Crippen LogP contribution in [0.1, 0.15) is 82.5 Å². The van der Waals surface area contributed by atoms with Gasteiger partial charge < -0.3 is 34.6 Å². The molecule has 0 aromatic heterocycles. The van der Waals surface area contributed by atoms with Gasteiger partial charge in [0.1, 0.15) is 25.1 Å². The fraction of sp³-hybridized carbons (Fsp3) is 0.676. The second kappa shape index (κ2) is 16.6. The Hall–Kier alpha value is -2.22. The third kappa shape index (κ3) is 8.78. The van der Waals surface area contributed by atoms with E-state index in [2.05, 4.69) is 26.1 Å². The van der Waals surface area contributed by atoms with Gasteiger partial charge in [-0.25, -0.2) is 0 Å². The van der Waals surface area contributed by atoms with E-state index in [1.165, 1.54) is 7.11 Å². The summed E-state index contributed by atoms with van der Waals surface area (Å²) in [5, 5.41) is 23.9. The van der Waals surface area contributed by atoms with Gasteiger partial charge in [0, 0.05) is 30.1 Å². The number of nitrogens with one attached hydrogen (secondary N) is 1. The van der Waals surface area contributed by atoms with Gasteiger partial charge in [-0.05, 0) is 84.2 Å². The molecule has 11 heteroatoms. The van der Waals surface area contributed by atoms with Crippen LogP contribution in [-0.2, 0) is 14.3 Å². The topological polar surface area (TPSA) is 135 Å². The van der Waals surface area contributed by atoms with Crippen LogP contribution >= 0.6 is 22.6 Å². The van der Waals surface area contributed by atoms with Crippen LogP contribution in [0.15, 0.2) is 23.8 Å². The first-order valence-electron chi connectivity index (χ1n) is 16.3. The number of rotatable bonds is 13. The Bertz CT molecular complexity index is 1220. The average molecular weight is 741 g/mol. The molecule has 250 valence electrons. The Morgan fingerprint density at radius 2 is 1.91 bits per heavy atom. The van der Waals surface area contributed by atoms with Crippen molar-refractivity contribution in [3.05, 3.63) is 32.9 Å². The van der Waals surface area contributed by atoms with Crippen molar-refractivity contribution in [3.8, 4) is 11.5 Å². The van der Waals surface area contributed by atoms with Crippen molar-refractivity contribution < 1.29 is 38.8 Å². The van der Waals surface area contributed by atoms with Crippen LogP contribution in [0.5, 0.6) is 11.5 Å². The molecule has 6 atom stereocenters. The number of hydrogen-bond donors (Lipinski definition) is 3. The highest BCUT2D eigenvalue weighted by atomic mass is 127. The number of nitrogens with zero attached hydrogens (tertiary/aromatic N) is 1. The minimum absolute atomic E-state index is 0.000849. The molecule has 3 aliphatic rings. The van der Waals surface area contributed by atoms with Crippen molar-refractivity contribution >= 4 is 40.7 Å². The standard InChI is InChI=1S/C34H49IN2O8/c1-20(2)25-10-9-21(3)13-28(25)44-19-31(40)37(24-7-5-6-8-24)27-16-23(34(42)36-11-12-38)17-29(32(27)41)45-33-26(35)14-22(18-39)15-30(33)43-4/h14-15,17-18,20-21,24-25,27-29,32,38,41H,5-13,16,19H2,1-4H3,(H,36,42)/t21-,25+,27+,28-,29-,32-/m0/s1. The Kier molecular flexibility index (Phi) is 13.1. The van der Waals surface area contributed by atoms with Gasteiger partial charge in [0.2, 0.25) is 11.8 Å². The summed E-state index contributed by atoms with van der Waals surface area (Å²) in [5.41, 5.74) is 0.773. The van der Waals surface area contributed by atoms with Crippen LogP contribution in [0.3, 0.4) is 0 Å². The van der Waals surface area contributed by atoms with Crippen molar-refractivity contribution in [1.82, 2.24) is 10.2 Å². The molecule has 1 aromatic carbocycles. The van der Waals surface area contributed by atoms with Crippen molar-refractivity contribution in [2.45, 2.75) is 103 Å². The molecular weight excluding hydrogens is 691 g/mol. The summed E-state index contributed by atoms with van der Waals surface area (Å²) in [4.78, 5) is 40.6. The van der Waals surface area contributed by atoms with Gasteiger partial charge in [0.05, 0.1) is 29.4 Å². The van der Waals surface area contributed by atoms with E-state index in [4.69, 9.17) is 14.2 Å². The normalized spacial score (nSPS) is 27.2. The number of hydrogen-bond acceptors (Lipinski definition) is 8. The van der Waals surface area contributed by atoms with Gasteiger partial charge in [-0.3, -0.25) is 14.4 Å².